The van der Waals surface area contributed by atoms with Crippen molar-refractivity contribution >= 4 is 71.2 Å². The van der Waals surface area contributed by atoms with Gasteiger partial charge in [0.25, 0.3) is 0 Å². The van der Waals surface area contributed by atoms with E-state index in [0.717, 1.165) is 15.6 Å². The van der Waals surface area contributed by atoms with E-state index in [4.69, 9.17) is 0 Å². The second-order valence-corrected chi connectivity index (χ2v) is 9.21. The van der Waals surface area contributed by atoms with Crippen LogP contribution in [0.3, 0.4) is 0 Å². The second kappa shape index (κ2) is 7.72. The molecule has 0 atom stereocenters. The van der Waals surface area contributed by atoms with E-state index < -0.39 is 0 Å². The van der Waals surface area contributed by atoms with Gasteiger partial charge in [-0.15, -0.1) is 0 Å². The third-order valence-electron chi connectivity index (χ3n) is 6.64. The summed E-state index contributed by atoms with van der Waals surface area (Å²) in [6, 6.07) is 32.9. The first-order valence-corrected chi connectivity index (χ1v) is 11.8. The van der Waals surface area contributed by atoms with Crippen LogP contribution in [0.4, 0.5) is 0 Å². The topological polar surface area (TPSA) is 0 Å². The highest BCUT2D eigenvalue weighted by atomic mass is 79.9. The molecule has 0 N–H and O–H groups in total. The summed E-state index contributed by atoms with van der Waals surface area (Å²) in [6.45, 7) is 8.20. The first kappa shape index (κ1) is 20.0. The third kappa shape index (κ3) is 2.97. The maximum atomic E-state index is 4.14. The van der Waals surface area contributed by atoms with E-state index in [9.17, 15) is 0 Å². The fourth-order valence-corrected chi connectivity index (χ4v) is 5.80. The molecule has 0 saturated carbocycles. The zero-order chi connectivity index (χ0) is 22.5. The summed E-state index contributed by atoms with van der Waals surface area (Å²) in [4.78, 5) is 0. The van der Waals surface area contributed by atoms with Gasteiger partial charge in [-0.05, 0) is 83.5 Å². The van der Waals surface area contributed by atoms with Crippen LogP contribution in [-0.2, 0) is 0 Å². The molecule has 0 aliphatic rings. The highest BCUT2D eigenvalue weighted by Gasteiger charge is 2.17. The van der Waals surface area contributed by atoms with Crippen molar-refractivity contribution in [1.82, 2.24) is 0 Å². The summed E-state index contributed by atoms with van der Waals surface area (Å²) in [5, 5.41) is 9.92. The van der Waals surface area contributed by atoms with Gasteiger partial charge >= 0.3 is 0 Å². The van der Waals surface area contributed by atoms with Crippen molar-refractivity contribution in [3.05, 3.63) is 120 Å². The largest absolute Gasteiger partial charge is 0.0984 e. The van der Waals surface area contributed by atoms with Gasteiger partial charge in [0.15, 0.2) is 0 Å². The third-order valence-corrected chi connectivity index (χ3v) is 7.30. The standard InChI is InChI=1S/C32H21Br/c1-3-22-23(4-2)31(33)19-29-26-15-9-10-16-27(26)30(18-28(22)29)32-24-13-7-5-11-20(24)17-21-12-6-8-14-25(21)32/h3-19H,1-2H2. The van der Waals surface area contributed by atoms with Crippen LogP contribution in [0, 0.1) is 0 Å². The molecule has 0 radical (unpaired) electrons. The molecule has 0 heterocycles. The monoisotopic (exact) mass is 484 g/mol. The van der Waals surface area contributed by atoms with Crippen LogP contribution in [0.25, 0.3) is 66.4 Å². The fraction of sp³-hybridized carbons (Fsp3) is 0. The maximum absolute atomic E-state index is 4.14. The first-order chi connectivity index (χ1) is 16.2. The van der Waals surface area contributed by atoms with Crippen LogP contribution < -0.4 is 0 Å². The lowest BCUT2D eigenvalue weighted by molar-refractivity contribution is 1.63. The number of rotatable bonds is 3. The summed E-state index contributed by atoms with van der Waals surface area (Å²) in [5.41, 5.74) is 4.69. The van der Waals surface area contributed by atoms with Gasteiger partial charge < -0.3 is 0 Å². The number of benzene rings is 6. The van der Waals surface area contributed by atoms with Crippen molar-refractivity contribution in [2.75, 3.05) is 0 Å². The average Bonchev–Trinajstić information content (AvgIpc) is 2.86. The van der Waals surface area contributed by atoms with E-state index in [-0.39, 0.29) is 0 Å². The summed E-state index contributed by atoms with van der Waals surface area (Å²) in [5.74, 6) is 0. The molecule has 156 valence electrons. The van der Waals surface area contributed by atoms with E-state index >= 15 is 0 Å². The minimum atomic E-state index is 1.04. The van der Waals surface area contributed by atoms with Crippen molar-refractivity contribution in [1.29, 1.82) is 0 Å². The predicted octanol–water partition coefficient (Wildman–Crippen LogP) is 10.0. The Labute approximate surface area is 201 Å². The molecule has 0 spiro atoms. The Kier molecular flexibility index (Phi) is 4.67. The minimum absolute atomic E-state index is 1.04. The van der Waals surface area contributed by atoms with Gasteiger partial charge in [-0.1, -0.05) is 114 Å². The Morgan fingerprint density at radius 2 is 1.06 bits per heavy atom. The van der Waals surface area contributed by atoms with Gasteiger partial charge in [-0.25, -0.2) is 0 Å². The van der Waals surface area contributed by atoms with Crippen LogP contribution in [0.5, 0.6) is 0 Å². The molecule has 1 heteroatoms. The lowest BCUT2D eigenvalue weighted by Crippen LogP contribution is -1.92. The van der Waals surface area contributed by atoms with Crippen molar-refractivity contribution in [3.8, 4) is 11.1 Å². The first-order valence-electron chi connectivity index (χ1n) is 11.0. The maximum Gasteiger partial charge on any atom is 0.0260 e. The number of fused-ring (bicyclic) bond motifs is 5. The van der Waals surface area contributed by atoms with E-state index in [0.29, 0.717) is 0 Å². The molecule has 33 heavy (non-hydrogen) atoms. The average molecular weight is 485 g/mol. The van der Waals surface area contributed by atoms with E-state index in [1.165, 1.54) is 54.2 Å². The second-order valence-electron chi connectivity index (χ2n) is 8.35. The SMILES string of the molecule is C=Cc1c(Br)cc2c(cc(-c3c4ccccc4cc4ccccc34)c3ccccc32)c1C=C. The van der Waals surface area contributed by atoms with Crippen molar-refractivity contribution < 1.29 is 0 Å². The molecule has 0 fully saturated rings. The summed E-state index contributed by atoms with van der Waals surface area (Å²) < 4.78 is 1.04. The number of hydrogen-bond donors (Lipinski definition) is 0. The Balaban J connectivity index is 1.90. The van der Waals surface area contributed by atoms with Gasteiger partial charge in [-0.2, -0.15) is 0 Å². The highest BCUT2D eigenvalue weighted by Crippen LogP contribution is 2.44. The minimum Gasteiger partial charge on any atom is -0.0984 e. The Hall–Kier alpha value is -3.68. The van der Waals surface area contributed by atoms with Crippen LogP contribution in [0.2, 0.25) is 0 Å². The Morgan fingerprint density at radius 3 is 1.67 bits per heavy atom. The molecular formula is C32H21Br. The lowest BCUT2D eigenvalue weighted by Gasteiger charge is -2.18. The molecule has 6 aromatic carbocycles. The summed E-state index contributed by atoms with van der Waals surface area (Å²) in [7, 11) is 0. The number of halogens is 1. The van der Waals surface area contributed by atoms with Gasteiger partial charge in [0.1, 0.15) is 0 Å². The molecule has 6 aromatic rings. The smallest absolute Gasteiger partial charge is 0.0260 e. The lowest BCUT2D eigenvalue weighted by atomic mass is 9.86. The van der Waals surface area contributed by atoms with Crippen molar-refractivity contribution in [2.45, 2.75) is 0 Å². The fourth-order valence-electron chi connectivity index (χ4n) is 5.19. The normalized spacial score (nSPS) is 11.4. The van der Waals surface area contributed by atoms with Crippen LogP contribution in [-0.4, -0.2) is 0 Å². The Morgan fingerprint density at radius 1 is 0.515 bits per heavy atom. The summed E-state index contributed by atoms with van der Waals surface area (Å²) in [6.07, 6.45) is 3.85. The van der Waals surface area contributed by atoms with E-state index in [1.54, 1.807) is 0 Å². The van der Waals surface area contributed by atoms with Crippen LogP contribution in [0.1, 0.15) is 11.1 Å². The van der Waals surface area contributed by atoms with Gasteiger partial charge in [0, 0.05) is 4.47 Å². The molecule has 0 aliphatic carbocycles. The van der Waals surface area contributed by atoms with Gasteiger partial charge in [0.2, 0.25) is 0 Å². The molecular weight excluding hydrogens is 464 g/mol. The van der Waals surface area contributed by atoms with E-state index in [1.807, 2.05) is 12.2 Å². The van der Waals surface area contributed by atoms with Crippen molar-refractivity contribution in [3.63, 3.8) is 0 Å². The van der Waals surface area contributed by atoms with Crippen LogP contribution >= 0.6 is 15.9 Å². The molecule has 0 bridgehead atoms. The summed E-state index contributed by atoms with van der Waals surface area (Å²) >= 11 is 3.76. The number of hydrogen-bond acceptors (Lipinski definition) is 0. The van der Waals surface area contributed by atoms with Crippen molar-refractivity contribution in [2.24, 2.45) is 0 Å². The molecule has 0 unspecified atom stereocenters. The van der Waals surface area contributed by atoms with Crippen LogP contribution in [0.15, 0.2) is 109 Å². The Bertz CT molecular complexity index is 1700. The zero-order valence-electron chi connectivity index (χ0n) is 18.1. The molecule has 0 aromatic heterocycles. The van der Waals surface area contributed by atoms with E-state index in [2.05, 4.69) is 120 Å². The molecule has 0 aliphatic heterocycles. The highest BCUT2D eigenvalue weighted by molar-refractivity contribution is 9.10. The van der Waals surface area contributed by atoms with Gasteiger partial charge in [0.05, 0.1) is 0 Å². The quantitative estimate of drug-likeness (QED) is 0.173. The molecule has 0 nitrogen and oxygen atoms in total. The predicted molar refractivity (Wildman–Crippen MR) is 150 cm³/mol. The molecule has 0 saturated heterocycles. The molecule has 6 rings (SSSR count). The molecule has 0 amide bonds. The van der Waals surface area contributed by atoms with Gasteiger partial charge in [-0.3, -0.25) is 0 Å². The zero-order valence-corrected chi connectivity index (χ0v) is 19.7.